The van der Waals surface area contributed by atoms with Gasteiger partial charge in [-0.25, -0.2) is 4.39 Å². The summed E-state index contributed by atoms with van der Waals surface area (Å²) in [4.78, 5) is 14.8. The third-order valence-electron chi connectivity index (χ3n) is 6.08. The van der Waals surface area contributed by atoms with Crippen molar-refractivity contribution < 1.29 is 23.1 Å². The van der Waals surface area contributed by atoms with Crippen molar-refractivity contribution in [3.63, 3.8) is 0 Å². The van der Waals surface area contributed by atoms with Crippen LogP contribution in [-0.4, -0.2) is 43.7 Å². The molecule has 1 amide bonds. The highest BCUT2D eigenvalue weighted by molar-refractivity contribution is 5.76. The number of rotatable bonds is 9. The number of ether oxygens (including phenoxy) is 2. The molecular formula is C27H31FN2O4. The first-order chi connectivity index (χ1) is 16.5. The zero-order valence-corrected chi connectivity index (χ0v) is 19.6. The monoisotopic (exact) mass is 466 g/mol. The molecule has 4 rings (SSSR count). The van der Waals surface area contributed by atoms with Gasteiger partial charge in [-0.3, -0.25) is 9.69 Å². The number of nitrogens with one attached hydrogen (secondary N) is 1. The molecule has 3 aromatic rings. The number of carbonyl (C=O) groups is 1. The molecule has 34 heavy (non-hydrogen) atoms. The summed E-state index contributed by atoms with van der Waals surface area (Å²) in [5, 5.41) is 3.03. The zero-order chi connectivity index (χ0) is 23.9. The minimum absolute atomic E-state index is 0.00470. The van der Waals surface area contributed by atoms with Crippen molar-refractivity contribution in [1.82, 2.24) is 10.2 Å². The van der Waals surface area contributed by atoms with Crippen LogP contribution in [0, 0.1) is 5.82 Å². The third kappa shape index (κ3) is 6.17. The topological polar surface area (TPSA) is 63.9 Å². The molecule has 0 saturated heterocycles. The lowest BCUT2D eigenvalue weighted by Gasteiger charge is -2.21. The van der Waals surface area contributed by atoms with Crippen LogP contribution in [0.2, 0.25) is 0 Å². The van der Waals surface area contributed by atoms with E-state index in [1.54, 1.807) is 25.5 Å². The average Bonchev–Trinajstić information content (AvgIpc) is 3.31. The molecule has 2 aromatic carbocycles. The molecule has 0 saturated carbocycles. The Morgan fingerprint density at radius 2 is 2.06 bits per heavy atom. The summed E-state index contributed by atoms with van der Waals surface area (Å²) >= 11 is 0. The number of amides is 1. The molecule has 180 valence electrons. The lowest BCUT2D eigenvalue weighted by molar-refractivity contribution is -0.121. The maximum Gasteiger partial charge on any atom is 0.221 e. The molecule has 6 nitrogen and oxygen atoms in total. The van der Waals surface area contributed by atoms with Crippen molar-refractivity contribution in [3.05, 3.63) is 83.6 Å². The molecule has 0 aliphatic carbocycles. The van der Waals surface area contributed by atoms with Crippen molar-refractivity contribution in [2.24, 2.45) is 0 Å². The second-order valence-electron chi connectivity index (χ2n) is 8.65. The van der Waals surface area contributed by atoms with E-state index in [9.17, 15) is 9.18 Å². The second kappa shape index (κ2) is 11.2. The van der Waals surface area contributed by atoms with E-state index < -0.39 is 0 Å². The highest BCUT2D eigenvalue weighted by atomic mass is 19.1. The van der Waals surface area contributed by atoms with Gasteiger partial charge in [-0.1, -0.05) is 18.2 Å². The van der Waals surface area contributed by atoms with Gasteiger partial charge in [0.2, 0.25) is 5.91 Å². The Morgan fingerprint density at radius 1 is 1.24 bits per heavy atom. The molecule has 0 unspecified atom stereocenters. The number of hydrogen-bond acceptors (Lipinski definition) is 5. The Bertz CT molecular complexity index is 1070. The second-order valence-corrected chi connectivity index (χ2v) is 8.65. The maximum atomic E-state index is 13.4. The minimum atomic E-state index is -0.273. The van der Waals surface area contributed by atoms with Gasteiger partial charge in [-0.05, 0) is 49.2 Å². The molecule has 1 aromatic heterocycles. The normalized spacial score (nSPS) is 16.7. The fourth-order valence-corrected chi connectivity index (χ4v) is 4.36. The highest BCUT2D eigenvalue weighted by Gasteiger charge is 2.22. The van der Waals surface area contributed by atoms with Crippen molar-refractivity contribution in [1.29, 1.82) is 0 Å². The predicted molar refractivity (Wildman–Crippen MR) is 128 cm³/mol. The fraction of sp³-hybridized carbons (Fsp3) is 0.370. The molecule has 0 radical (unpaired) electrons. The third-order valence-corrected chi connectivity index (χ3v) is 6.08. The van der Waals surface area contributed by atoms with Gasteiger partial charge in [0, 0.05) is 50.1 Å². The highest BCUT2D eigenvalue weighted by Crippen LogP contribution is 2.30. The van der Waals surface area contributed by atoms with Crippen LogP contribution in [0.3, 0.4) is 0 Å². The van der Waals surface area contributed by atoms with Crippen LogP contribution < -0.4 is 14.8 Å². The molecule has 0 bridgehead atoms. The maximum absolute atomic E-state index is 13.4. The van der Waals surface area contributed by atoms with Crippen LogP contribution in [0.25, 0.3) is 0 Å². The van der Waals surface area contributed by atoms with Crippen molar-refractivity contribution >= 4 is 5.91 Å². The van der Waals surface area contributed by atoms with E-state index >= 15 is 0 Å². The number of benzene rings is 2. The lowest BCUT2D eigenvalue weighted by atomic mass is 9.93. The van der Waals surface area contributed by atoms with Gasteiger partial charge in [0.25, 0.3) is 0 Å². The molecule has 0 spiro atoms. The summed E-state index contributed by atoms with van der Waals surface area (Å²) in [5.41, 5.74) is 2.05. The zero-order valence-electron chi connectivity index (χ0n) is 19.6. The van der Waals surface area contributed by atoms with E-state index in [2.05, 4.69) is 10.2 Å². The summed E-state index contributed by atoms with van der Waals surface area (Å²) in [6, 6.07) is 16.0. The Morgan fingerprint density at radius 3 is 2.79 bits per heavy atom. The van der Waals surface area contributed by atoms with Gasteiger partial charge in [-0.15, -0.1) is 0 Å². The summed E-state index contributed by atoms with van der Waals surface area (Å²) in [5.74, 6) is 2.09. The molecule has 2 atom stereocenters. The number of fused-ring (bicyclic) bond motifs is 1. The van der Waals surface area contributed by atoms with Gasteiger partial charge in [-0.2, -0.15) is 0 Å². The largest absolute Gasteiger partial charge is 0.497 e. The molecule has 1 aliphatic rings. The van der Waals surface area contributed by atoms with Gasteiger partial charge < -0.3 is 19.2 Å². The first kappa shape index (κ1) is 23.8. The first-order valence-electron chi connectivity index (χ1n) is 11.6. The molecule has 7 heteroatoms. The van der Waals surface area contributed by atoms with Crippen LogP contribution in [0.5, 0.6) is 11.5 Å². The Labute approximate surface area is 199 Å². The van der Waals surface area contributed by atoms with Gasteiger partial charge in [0.15, 0.2) is 0 Å². The quantitative estimate of drug-likeness (QED) is 0.494. The minimum Gasteiger partial charge on any atom is -0.497 e. The summed E-state index contributed by atoms with van der Waals surface area (Å²) in [6.45, 7) is 4.65. The number of hydrogen-bond donors (Lipinski definition) is 1. The number of carbonyl (C=O) groups excluding carboxylic acids is 1. The lowest BCUT2D eigenvalue weighted by Crippen LogP contribution is -2.35. The van der Waals surface area contributed by atoms with Gasteiger partial charge in [0.1, 0.15) is 29.2 Å². The Balaban J connectivity index is 1.29. The van der Waals surface area contributed by atoms with E-state index in [4.69, 9.17) is 13.9 Å². The van der Waals surface area contributed by atoms with E-state index in [1.807, 2.05) is 37.3 Å². The van der Waals surface area contributed by atoms with Crippen LogP contribution in [0.15, 0.2) is 65.3 Å². The number of furan rings is 1. The SMILES string of the molecule is COc1ccc2c(c1)O[C@@H](C)CN(CCC(=O)NCC[C@H](c1ccc(F)cc1)c1ccco1)C2. The van der Waals surface area contributed by atoms with E-state index in [0.717, 1.165) is 41.5 Å². The van der Waals surface area contributed by atoms with Crippen LogP contribution in [0.4, 0.5) is 4.39 Å². The number of halogens is 1. The first-order valence-corrected chi connectivity index (χ1v) is 11.6. The molecule has 0 fully saturated rings. The van der Waals surface area contributed by atoms with Crippen LogP contribution >= 0.6 is 0 Å². The molecule has 1 aliphatic heterocycles. The van der Waals surface area contributed by atoms with Crippen molar-refractivity contribution in [2.45, 2.75) is 38.3 Å². The summed E-state index contributed by atoms with van der Waals surface area (Å²) < 4.78 is 30.3. The van der Waals surface area contributed by atoms with E-state index in [1.165, 1.54) is 12.1 Å². The number of methoxy groups -OCH3 is 1. The van der Waals surface area contributed by atoms with Crippen molar-refractivity contribution in [3.8, 4) is 11.5 Å². The smallest absolute Gasteiger partial charge is 0.221 e. The van der Waals surface area contributed by atoms with Crippen LogP contribution in [0.1, 0.15) is 42.6 Å². The van der Waals surface area contributed by atoms with Crippen LogP contribution in [-0.2, 0) is 11.3 Å². The molecule has 2 heterocycles. The van der Waals surface area contributed by atoms with E-state index in [-0.39, 0.29) is 23.7 Å². The average molecular weight is 467 g/mol. The predicted octanol–water partition coefficient (Wildman–Crippen LogP) is 4.74. The van der Waals surface area contributed by atoms with E-state index in [0.29, 0.717) is 25.9 Å². The Hall–Kier alpha value is -3.32. The fourth-order valence-electron chi connectivity index (χ4n) is 4.36. The molecule has 1 N–H and O–H groups in total. The van der Waals surface area contributed by atoms with Gasteiger partial charge in [0.05, 0.1) is 13.4 Å². The van der Waals surface area contributed by atoms with Gasteiger partial charge >= 0.3 is 0 Å². The number of nitrogens with zero attached hydrogens (tertiary/aromatic N) is 1. The molecular weight excluding hydrogens is 435 g/mol. The van der Waals surface area contributed by atoms with Crippen molar-refractivity contribution in [2.75, 3.05) is 26.7 Å². The summed E-state index contributed by atoms with van der Waals surface area (Å²) in [6.07, 6.45) is 2.71. The summed E-state index contributed by atoms with van der Waals surface area (Å²) in [7, 11) is 1.64. The Kier molecular flexibility index (Phi) is 7.85. The standard InChI is InChI=1S/C27H31FN2O4/c1-19-17-30(18-21-7-10-23(32-2)16-26(21)34-19)14-12-27(31)29-13-11-24(25-4-3-15-33-25)20-5-8-22(28)9-6-20/h3-10,15-16,19,24H,11-14,17-18H2,1-2H3,(H,29,31)/t19-,24+/m0/s1.